The molecular formula is C25H23N3O3. The molecule has 6 nitrogen and oxygen atoms in total. The number of fused-ring (bicyclic) bond motifs is 1. The number of aromatic nitrogens is 2. The quantitative estimate of drug-likeness (QED) is 0.439. The second-order valence-corrected chi connectivity index (χ2v) is 7.09. The number of amides is 1. The molecule has 4 aromatic rings. The van der Waals surface area contributed by atoms with Gasteiger partial charge in [0.25, 0.3) is 5.91 Å². The van der Waals surface area contributed by atoms with Gasteiger partial charge in [0.15, 0.2) is 6.61 Å². The van der Waals surface area contributed by atoms with Crippen LogP contribution in [0.1, 0.15) is 5.56 Å². The van der Waals surface area contributed by atoms with E-state index in [-0.39, 0.29) is 12.5 Å². The maximum Gasteiger partial charge on any atom is 0.258 e. The summed E-state index contributed by atoms with van der Waals surface area (Å²) in [5.41, 5.74) is 2.98. The fraction of sp³-hybridized carbons (Fsp3) is 0.160. The number of nitrogens with one attached hydrogen (secondary N) is 1. The van der Waals surface area contributed by atoms with E-state index >= 15 is 0 Å². The molecule has 1 amide bonds. The summed E-state index contributed by atoms with van der Waals surface area (Å²) < 4.78 is 11.2. The number of nitrogens with zero attached hydrogens (tertiary/aromatic N) is 2. The normalized spacial score (nSPS) is 10.6. The molecule has 6 heteroatoms. The fourth-order valence-corrected chi connectivity index (χ4v) is 3.14. The lowest BCUT2D eigenvalue weighted by molar-refractivity contribution is -0.123. The van der Waals surface area contributed by atoms with Crippen molar-refractivity contribution in [3.8, 4) is 22.9 Å². The smallest absolute Gasteiger partial charge is 0.258 e. The van der Waals surface area contributed by atoms with Gasteiger partial charge < -0.3 is 14.8 Å². The topological polar surface area (TPSA) is 73.3 Å². The van der Waals surface area contributed by atoms with Gasteiger partial charge in [0.2, 0.25) is 5.88 Å². The minimum absolute atomic E-state index is 0.0565. The molecule has 31 heavy (non-hydrogen) atoms. The Morgan fingerprint density at radius 2 is 1.68 bits per heavy atom. The molecule has 0 unspecified atom stereocenters. The highest BCUT2D eigenvalue weighted by atomic mass is 16.5. The van der Waals surface area contributed by atoms with Crippen LogP contribution in [0.25, 0.3) is 22.0 Å². The third kappa shape index (κ3) is 5.36. The first-order valence-corrected chi connectivity index (χ1v) is 10.1. The van der Waals surface area contributed by atoms with Crippen molar-refractivity contribution in [2.45, 2.75) is 6.92 Å². The van der Waals surface area contributed by atoms with E-state index in [0.717, 1.165) is 22.0 Å². The number of carbonyl (C=O) groups is 1. The Morgan fingerprint density at radius 3 is 2.48 bits per heavy atom. The van der Waals surface area contributed by atoms with Crippen LogP contribution in [0.5, 0.6) is 11.6 Å². The zero-order valence-corrected chi connectivity index (χ0v) is 17.2. The fourth-order valence-electron chi connectivity index (χ4n) is 3.14. The second kappa shape index (κ2) is 9.71. The van der Waals surface area contributed by atoms with E-state index in [1.165, 1.54) is 5.56 Å². The predicted molar refractivity (Wildman–Crippen MR) is 120 cm³/mol. The number of ether oxygens (including phenoxy) is 2. The molecule has 0 spiro atoms. The van der Waals surface area contributed by atoms with E-state index in [2.05, 4.69) is 15.5 Å². The average molecular weight is 413 g/mol. The lowest BCUT2D eigenvalue weighted by Gasteiger charge is -2.10. The summed E-state index contributed by atoms with van der Waals surface area (Å²) in [6.45, 7) is 2.62. The van der Waals surface area contributed by atoms with E-state index in [1.807, 2.05) is 79.7 Å². The largest absolute Gasteiger partial charge is 0.483 e. The van der Waals surface area contributed by atoms with Crippen LogP contribution >= 0.6 is 0 Å². The van der Waals surface area contributed by atoms with Crippen LogP contribution in [0.3, 0.4) is 0 Å². The molecule has 0 aliphatic carbocycles. The average Bonchev–Trinajstić information content (AvgIpc) is 2.81. The Balaban J connectivity index is 1.20. The minimum Gasteiger partial charge on any atom is -0.483 e. The van der Waals surface area contributed by atoms with Crippen molar-refractivity contribution in [3.05, 3.63) is 84.4 Å². The molecule has 1 heterocycles. The van der Waals surface area contributed by atoms with Gasteiger partial charge in [-0.2, -0.15) is 0 Å². The van der Waals surface area contributed by atoms with Gasteiger partial charge in [-0.25, -0.2) is 0 Å². The SMILES string of the molecule is Cc1ccc(-c2ccc(OCCNC(=O)COc3cccc4ccccc34)nn2)cc1. The Hall–Kier alpha value is -3.93. The molecule has 0 aliphatic rings. The van der Waals surface area contributed by atoms with Gasteiger partial charge in [-0.05, 0) is 24.4 Å². The van der Waals surface area contributed by atoms with Crippen molar-refractivity contribution < 1.29 is 14.3 Å². The Morgan fingerprint density at radius 1 is 0.871 bits per heavy atom. The van der Waals surface area contributed by atoms with Gasteiger partial charge in [0.1, 0.15) is 12.4 Å². The summed E-state index contributed by atoms with van der Waals surface area (Å²) in [7, 11) is 0. The molecule has 0 saturated carbocycles. The molecule has 4 rings (SSSR count). The third-order valence-corrected chi connectivity index (χ3v) is 4.77. The van der Waals surface area contributed by atoms with Gasteiger partial charge in [-0.3, -0.25) is 4.79 Å². The molecule has 156 valence electrons. The molecule has 0 radical (unpaired) electrons. The zero-order chi connectivity index (χ0) is 21.5. The Kier molecular flexibility index (Phi) is 6.38. The molecular weight excluding hydrogens is 390 g/mol. The van der Waals surface area contributed by atoms with E-state index in [4.69, 9.17) is 9.47 Å². The number of hydrogen-bond acceptors (Lipinski definition) is 5. The Bertz CT molecular complexity index is 1150. The van der Waals surface area contributed by atoms with Gasteiger partial charge in [-0.1, -0.05) is 66.2 Å². The molecule has 0 aliphatic heterocycles. The lowest BCUT2D eigenvalue weighted by Crippen LogP contribution is -2.32. The van der Waals surface area contributed by atoms with Crippen molar-refractivity contribution in [1.29, 1.82) is 0 Å². The summed E-state index contributed by atoms with van der Waals surface area (Å²) in [5.74, 6) is 0.892. The number of benzene rings is 3. The van der Waals surface area contributed by atoms with Gasteiger partial charge >= 0.3 is 0 Å². The summed E-state index contributed by atoms with van der Waals surface area (Å²) in [6, 6.07) is 25.4. The Labute approximate surface area is 180 Å². The standard InChI is InChI=1S/C25H23N3O3/c1-18-9-11-20(12-10-18)22-13-14-25(28-27-22)30-16-15-26-24(29)17-31-23-8-4-6-19-5-2-3-7-21(19)23/h2-14H,15-17H2,1H3,(H,26,29). The third-order valence-electron chi connectivity index (χ3n) is 4.77. The van der Waals surface area contributed by atoms with Crippen LogP contribution in [0.2, 0.25) is 0 Å². The molecule has 1 N–H and O–H groups in total. The summed E-state index contributed by atoms with van der Waals surface area (Å²) >= 11 is 0. The summed E-state index contributed by atoms with van der Waals surface area (Å²) in [4.78, 5) is 12.1. The molecule has 0 atom stereocenters. The molecule has 3 aromatic carbocycles. The van der Waals surface area contributed by atoms with Gasteiger partial charge in [0.05, 0.1) is 12.2 Å². The van der Waals surface area contributed by atoms with Crippen LogP contribution in [-0.4, -0.2) is 35.9 Å². The van der Waals surface area contributed by atoms with E-state index in [0.29, 0.717) is 24.8 Å². The minimum atomic E-state index is -0.211. The molecule has 0 bridgehead atoms. The van der Waals surface area contributed by atoms with Crippen LogP contribution in [0.4, 0.5) is 0 Å². The highest BCUT2D eigenvalue weighted by Gasteiger charge is 2.06. The van der Waals surface area contributed by atoms with Gasteiger partial charge in [-0.15, -0.1) is 10.2 Å². The second-order valence-electron chi connectivity index (χ2n) is 7.09. The zero-order valence-electron chi connectivity index (χ0n) is 17.2. The molecule has 1 aromatic heterocycles. The lowest BCUT2D eigenvalue weighted by atomic mass is 10.1. The highest BCUT2D eigenvalue weighted by Crippen LogP contribution is 2.25. The maximum atomic E-state index is 12.1. The van der Waals surface area contributed by atoms with E-state index in [9.17, 15) is 4.79 Å². The van der Waals surface area contributed by atoms with Crippen LogP contribution < -0.4 is 14.8 Å². The predicted octanol–water partition coefficient (Wildman–Crippen LogP) is 4.18. The summed E-state index contributed by atoms with van der Waals surface area (Å²) in [5, 5.41) is 13.1. The first-order valence-electron chi connectivity index (χ1n) is 10.1. The van der Waals surface area contributed by atoms with Crippen molar-refractivity contribution in [1.82, 2.24) is 15.5 Å². The van der Waals surface area contributed by atoms with Crippen molar-refractivity contribution in [2.24, 2.45) is 0 Å². The van der Waals surface area contributed by atoms with E-state index in [1.54, 1.807) is 6.07 Å². The van der Waals surface area contributed by atoms with Crippen LogP contribution in [-0.2, 0) is 4.79 Å². The van der Waals surface area contributed by atoms with Crippen molar-refractivity contribution in [2.75, 3.05) is 19.8 Å². The summed E-state index contributed by atoms with van der Waals surface area (Å²) in [6.07, 6.45) is 0. The molecule has 0 fully saturated rings. The highest BCUT2D eigenvalue weighted by molar-refractivity contribution is 5.88. The number of hydrogen-bond donors (Lipinski definition) is 1. The number of aryl methyl sites for hydroxylation is 1. The van der Waals surface area contributed by atoms with Crippen molar-refractivity contribution >= 4 is 16.7 Å². The van der Waals surface area contributed by atoms with Crippen LogP contribution in [0.15, 0.2) is 78.9 Å². The first kappa shape index (κ1) is 20.3. The van der Waals surface area contributed by atoms with E-state index < -0.39 is 0 Å². The number of rotatable bonds is 8. The monoisotopic (exact) mass is 413 g/mol. The maximum absolute atomic E-state index is 12.1. The van der Waals surface area contributed by atoms with Crippen molar-refractivity contribution in [3.63, 3.8) is 0 Å². The molecule has 0 saturated heterocycles. The van der Waals surface area contributed by atoms with Gasteiger partial charge in [0, 0.05) is 17.0 Å². The number of carbonyl (C=O) groups excluding carboxylic acids is 1. The first-order chi connectivity index (χ1) is 15.2. The van der Waals surface area contributed by atoms with Crippen LogP contribution in [0, 0.1) is 6.92 Å².